The largest absolute Gasteiger partial charge is 0.380 e. The average molecular weight is 400 g/mol. The van der Waals surface area contributed by atoms with Crippen LogP contribution in [0.4, 0.5) is 0 Å². The number of hydrogen-bond donors (Lipinski definition) is 2. The van der Waals surface area contributed by atoms with E-state index in [1.165, 1.54) is 0 Å². The van der Waals surface area contributed by atoms with Crippen LogP contribution in [0.25, 0.3) is 0 Å². The molecule has 2 rings (SSSR count). The van der Waals surface area contributed by atoms with E-state index in [9.17, 15) is 0 Å². The molecule has 2 heterocycles. The minimum Gasteiger partial charge on any atom is -0.380 e. The Labute approximate surface area is 165 Å². The highest BCUT2D eigenvalue weighted by atomic mass is 31.2. The van der Waals surface area contributed by atoms with Gasteiger partial charge in [0.05, 0.1) is 37.6 Å². The van der Waals surface area contributed by atoms with E-state index >= 15 is 0 Å². The summed E-state index contributed by atoms with van der Waals surface area (Å²) in [5.41, 5.74) is 5.99. The fourth-order valence-corrected chi connectivity index (χ4v) is 4.15. The fourth-order valence-electron chi connectivity index (χ4n) is 3.10. The van der Waals surface area contributed by atoms with Crippen molar-refractivity contribution in [2.75, 3.05) is 13.2 Å². The lowest BCUT2D eigenvalue weighted by Crippen LogP contribution is -2.33. The monoisotopic (exact) mass is 400 g/mol. The van der Waals surface area contributed by atoms with E-state index in [2.05, 4.69) is 0 Å². The van der Waals surface area contributed by atoms with Crippen LogP contribution >= 0.6 is 7.66 Å². The second-order valence-corrected chi connectivity index (χ2v) is 9.20. The van der Waals surface area contributed by atoms with Crippen molar-refractivity contribution in [3.8, 4) is 0 Å². The number of rotatable bonds is 10. The molecule has 27 heavy (non-hydrogen) atoms. The van der Waals surface area contributed by atoms with Crippen LogP contribution in [0.2, 0.25) is 0 Å². The standard InChI is InChI=1S/C16H31B2N2O6P/c1-9(2)21-7-13-12(6-16(18)24-13)26-27(19,20)22-8-14-11(23-10(3)4)5-15(17)25-14/h9-16H,5-8H2,1-4H3,(H3,19,20)/t11-,12-,13-,14-,15-,16-/m1/s1. The maximum Gasteiger partial charge on any atom is 0.282 e. The molecule has 2 aliphatic rings. The minimum absolute atomic E-state index is 0.0370. The summed E-state index contributed by atoms with van der Waals surface area (Å²) in [6.07, 6.45) is -0.335. The zero-order valence-corrected chi connectivity index (χ0v) is 17.5. The van der Waals surface area contributed by atoms with E-state index < -0.39 is 25.8 Å². The summed E-state index contributed by atoms with van der Waals surface area (Å²) in [6, 6.07) is -0.894. The van der Waals surface area contributed by atoms with Gasteiger partial charge < -0.3 is 28.0 Å². The van der Waals surface area contributed by atoms with Crippen LogP contribution in [0.5, 0.6) is 0 Å². The Bertz CT molecular complexity index is 515. The molecule has 2 fully saturated rings. The van der Waals surface area contributed by atoms with Crippen LogP contribution in [-0.2, 0) is 28.0 Å². The molecule has 7 atom stereocenters. The smallest absolute Gasteiger partial charge is 0.282 e. The third-order valence-corrected chi connectivity index (χ3v) is 5.34. The molecule has 2 aliphatic heterocycles. The lowest BCUT2D eigenvalue weighted by molar-refractivity contribution is -0.0590. The number of hydrogen-bond acceptors (Lipinski definition) is 7. The summed E-state index contributed by atoms with van der Waals surface area (Å²) in [7, 11) is 8.35. The zero-order valence-electron chi connectivity index (χ0n) is 16.6. The van der Waals surface area contributed by atoms with E-state index in [1.807, 2.05) is 27.7 Å². The summed E-state index contributed by atoms with van der Waals surface area (Å²) < 4.78 is 34.0. The Morgan fingerprint density at radius 2 is 1.56 bits per heavy atom. The van der Waals surface area contributed by atoms with Crippen molar-refractivity contribution < 1.29 is 28.0 Å². The normalized spacial score (nSPS) is 36.6. The summed E-state index contributed by atoms with van der Waals surface area (Å²) >= 11 is 0. The maximum atomic E-state index is 8.26. The van der Waals surface area contributed by atoms with Crippen molar-refractivity contribution in [1.82, 2.24) is 0 Å². The second-order valence-electron chi connectivity index (χ2n) is 7.54. The van der Waals surface area contributed by atoms with Crippen LogP contribution in [0.1, 0.15) is 40.5 Å². The van der Waals surface area contributed by atoms with Gasteiger partial charge in [0.1, 0.15) is 27.9 Å². The first-order valence-electron chi connectivity index (χ1n) is 9.40. The molecule has 8 nitrogen and oxygen atoms in total. The Hall–Kier alpha value is 0.0799. The lowest BCUT2D eigenvalue weighted by Gasteiger charge is -2.27. The first-order chi connectivity index (χ1) is 12.6. The highest BCUT2D eigenvalue weighted by Crippen LogP contribution is 2.45. The van der Waals surface area contributed by atoms with Crippen molar-refractivity contribution >= 4 is 23.4 Å². The number of nitrogens with two attached hydrogens (primary N) is 1. The highest BCUT2D eigenvalue weighted by molar-refractivity contribution is 7.52. The van der Waals surface area contributed by atoms with E-state index in [1.54, 1.807) is 0 Å². The minimum atomic E-state index is -3.35. The maximum absolute atomic E-state index is 8.26. The lowest BCUT2D eigenvalue weighted by atomic mass is 9.96. The molecular formula is C16H31B2N2O6P. The van der Waals surface area contributed by atoms with Gasteiger partial charge in [-0.3, -0.25) is 10.7 Å². The molecule has 0 aromatic heterocycles. The average Bonchev–Trinajstić information content (AvgIpc) is 3.04. The van der Waals surface area contributed by atoms with Crippen LogP contribution < -0.4 is 5.50 Å². The Morgan fingerprint density at radius 1 is 1.00 bits per heavy atom. The highest BCUT2D eigenvalue weighted by Gasteiger charge is 2.39. The van der Waals surface area contributed by atoms with Crippen LogP contribution in [-0.4, -0.2) is 77.5 Å². The van der Waals surface area contributed by atoms with Crippen LogP contribution in [0, 0.1) is 5.16 Å². The van der Waals surface area contributed by atoms with Gasteiger partial charge in [-0.05, 0) is 40.5 Å². The SMILES string of the molecule is [B][C@H]1C[C@@H](OC(C)C)[C@@H](COP(=N)(N)O[C@@H]2C[C@H]([B])O[C@@H]2COC(C)C)O1. The second kappa shape index (κ2) is 10.2. The molecule has 2 saturated heterocycles. The fraction of sp³-hybridized carbons (Fsp3) is 1.00. The first-order valence-corrected chi connectivity index (χ1v) is 11.1. The van der Waals surface area contributed by atoms with Gasteiger partial charge in [0, 0.05) is 12.0 Å². The first kappa shape index (κ1) is 23.4. The summed E-state index contributed by atoms with van der Waals surface area (Å²) in [5.74, 6) is 0. The Morgan fingerprint density at radius 3 is 2.11 bits per heavy atom. The van der Waals surface area contributed by atoms with E-state index in [0.29, 0.717) is 19.4 Å². The van der Waals surface area contributed by atoms with E-state index in [4.69, 9.17) is 54.4 Å². The van der Waals surface area contributed by atoms with Crippen molar-refractivity contribution in [2.24, 2.45) is 5.50 Å². The summed E-state index contributed by atoms with van der Waals surface area (Å²) in [6.45, 7) is 8.14. The van der Waals surface area contributed by atoms with Gasteiger partial charge in [0.15, 0.2) is 0 Å². The molecule has 0 amide bonds. The molecule has 4 radical (unpaired) electrons. The number of ether oxygens (including phenoxy) is 4. The van der Waals surface area contributed by atoms with Crippen molar-refractivity contribution in [3.63, 3.8) is 0 Å². The molecule has 3 N–H and O–H groups in total. The summed E-state index contributed by atoms with van der Waals surface area (Å²) in [5, 5.41) is 8.26. The zero-order chi connectivity index (χ0) is 20.2. The van der Waals surface area contributed by atoms with Crippen molar-refractivity contribution in [3.05, 3.63) is 0 Å². The predicted octanol–water partition coefficient (Wildman–Crippen LogP) is 1.66. The molecule has 0 saturated carbocycles. The molecule has 152 valence electrons. The van der Waals surface area contributed by atoms with Gasteiger partial charge in [0.25, 0.3) is 7.66 Å². The van der Waals surface area contributed by atoms with Crippen LogP contribution in [0.15, 0.2) is 0 Å². The molecule has 0 aliphatic carbocycles. The quantitative estimate of drug-likeness (QED) is 0.425. The van der Waals surface area contributed by atoms with Gasteiger partial charge >= 0.3 is 0 Å². The van der Waals surface area contributed by atoms with E-state index in [0.717, 1.165) is 0 Å². The van der Waals surface area contributed by atoms with Crippen LogP contribution in [0.3, 0.4) is 0 Å². The molecule has 0 bridgehead atoms. The molecule has 1 unspecified atom stereocenters. The van der Waals surface area contributed by atoms with E-state index in [-0.39, 0.29) is 37.1 Å². The molecule has 0 aromatic rings. The molecule has 0 aromatic carbocycles. The Balaban J connectivity index is 1.87. The van der Waals surface area contributed by atoms with Gasteiger partial charge in [-0.1, -0.05) is 0 Å². The Kier molecular flexibility index (Phi) is 8.84. The number of nitrogens with one attached hydrogen (secondary N) is 1. The predicted molar refractivity (Wildman–Crippen MR) is 104 cm³/mol. The third kappa shape index (κ3) is 7.78. The van der Waals surface area contributed by atoms with Gasteiger partial charge in [-0.25, -0.2) is 0 Å². The molecular weight excluding hydrogens is 369 g/mol. The van der Waals surface area contributed by atoms with Crippen molar-refractivity contribution in [2.45, 2.75) is 89.2 Å². The topological polar surface area (TPSA) is 105 Å². The molecule has 0 spiro atoms. The summed E-state index contributed by atoms with van der Waals surface area (Å²) in [4.78, 5) is 0. The van der Waals surface area contributed by atoms with Gasteiger partial charge in [0.2, 0.25) is 0 Å². The molecule has 11 heteroatoms. The van der Waals surface area contributed by atoms with Gasteiger partial charge in [-0.2, -0.15) is 0 Å². The van der Waals surface area contributed by atoms with Gasteiger partial charge in [-0.15, -0.1) is 0 Å². The third-order valence-electron chi connectivity index (χ3n) is 4.22. The van der Waals surface area contributed by atoms with Crippen molar-refractivity contribution in [1.29, 1.82) is 5.16 Å².